The molecule has 0 aliphatic heterocycles. The third-order valence-corrected chi connectivity index (χ3v) is 3.65. The fourth-order valence-electron chi connectivity index (χ4n) is 1.93. The maximum absolute atomic E-state index is 12.1. The molecule has 2 rings (SSSR count). The van der Waals surface area contributed by atoms with Gasteiger partial charge >= 0.3 is 5.97 Å². The van der Waals surface area contributed by atoms with Gasteiger partial charge < -0.3 is 10.5 Å². The van der Waals surface area contributed by atoms with Crippen LogP contribution in [-0.2, 0) is 4.74 Å². The molecule has 0 radical (unpaired) electrons. The fourth-order valence-corrected chi connectivity index (χ4v) is 2.11. The van der Waals surface area contributed by atoms with Crippen LogP contribution in [0.2, 0.25) is 5.02 Å². The zero-order valence-corrected chi connectivity index (χ0v) is 13.5. The number of anilines is 1. The van der Waals surface area contributed by atoms with Crippen molar-refractivity contribution in [2.75, 3.05) is 12.3 Å². The van der Waals surface area contributed by atoms with Crippen molar-refractivity contribution in [1.82, 2.24) is 4.98 Å². The van der Waals surface area contributed by atoms with E-state index in [1.807, 2.05) is 38.1 Å². The number of carbonyl (C=O) groups is 1. The number of halogens is 1. The molecule has 1 heterocycles. The number of benzene rings is 1. The SMILES string of the molecule is CCCCOC(=O)c1nc(-c2ccc(C)cc2)cc(N)c1Cl. The van der Waals surface area contributed by atoms with Crippen LogP contribution in [0, 0.1) is 6.92 Å². The Hall–Kier alpha value is -2.07. The summed E-state index contributed by atoms with van der Waals surface area (Å²) in [5.41, 5.74) is 8.90. The summed E-state index contributed by atoms with van der Waals surface area (Å²) in [5, 5.41) is 0.136. The summed E-state index contributed by atoms with van der Waals surface area (Å²) >= 11 is 6.10. The lowest BCUT2D eigenvalue weighted by Gasteiger charge is -2.10. The van der Waals surface area contributed by atoms with E-state index >= 15 is 0 Å². The van der Waals surface area contributed by atoms with Gasteiger partial charge in [0.2, 0.25) is 0 Å². The van der Waals surface area contributed by atoms with Crippen LogP contribution in [0.25, 0.3) is 11.3 Å². The lowest BCUT2D eigenvalue weighted by atomic mass is 10.1. The normalized spacial score (nSPS) is 10.5. The maximum Gasteiger partial charge on any atom is 0.358 e. The number of unbranched alkanes of at least 4 members (excludes halogenated alkanes) is 1. The quantitative estimate of drug-likeness (QED) is 0.661. The van der Waals surface area contributed by atoms with Crippen LogP contribution in [0.4, 0.5) is 5.69 Å². The monoisotopic (exact) mass is 318 g/mol. The minimum atomic E-state index is -0.542. The molecule has 0 saturated heterocycles. The van der Waals surface area contributed by atoms with Crippen LogP contribution < -0.4 is 5.73 Å². The number of nitrogen functional groups attached to an aromatic ring is 1. The number of hydrogen-bond acceptors (Lipinski definition) is 4. The Bertz CT molecular complexity index is 669. The van der Waals surface area contributed by atoms with Crippen molar-refractivity contribution in [2.24, 2.45) is 0 Å². The van der Waals surface area contributed by atoms with E-state index in [2.05, 4.69) is 4.98 Å². The highest BCUT2D eigenvalue weighted by Gasteiger charge is 2.18. The minimum Gasteiger partial charge on any atom is -0.461 e. The molecule has 116 valence electrons. The number of aromatic nitrogens is 1. The van der Waals surface area contributed by atoms with E-state index in [1.165, 1.54) is 0 Å². The van der Waals surface area contributed by atoms with Gasteiger partial charge in [-0.15, -0.1) is 0 Å². The molecule has 1 aromatic heterocycles. The molecule has 0 unspecified atom stereocenters. The second-order valence-corrected chi connectivity index (χ2v) is 5.49. The summed E-state index contributed by atoms with van der Waals surface area (Å²) < 4.78 is 5.17. The number of hydrogen-bond donors (Lipinski definition) is 1. The first-order valence-corrected chi connectivity index (χ1v) is 7.61. The number of ether oxygens (including phenoxy) is 1. The number of rotatable bonds is 5. The molecular formula is C17H19ClN2O2. The first-order valence-electron chi connectivity index (χ1n) is 7.23. The maximum atomic E-state index is 12.1. The summed E-state index contributed by atoms with van der Waals surface area (Å²) in [6.45, 7) is 4.38. The molecule has 2 N–H and O–H groups in total. The molecule has 1 aromatic carbocycles. The summed E-state index contributed by atoms with van der Waals surface area (Å²) in [4.78, 5) is 16.4. The van der Waals surface area contributed by atoms with Gasteiger partial charge in [0, 0.05) is 5.56 Å². The summed E-state index contributed by atoms with van der Waals surface area (Å²) in [5.74, 6) is -0.542. The highest BCUT2D eigenvalue weighted by molar-refractivity contribution is 6.35. The van der Waals surface area contributed by atoms with Crippen molar-refractivity contribution in [1.29, 1.82) is 0 Å². The average molecular weight is 319 g/mol. The standard InChI is InChI=1S/C17H19ClN2O2/c1-3-4-9-22-17(21)16-15(18)13(19)10-14(20-16)12-7-5-11(2)6-8-12/h5-8,10H,3-4,9H2,1-2H3,(H2,19,20). The van der Waals surface area contributed by atoms with E-state index in [9.17, 15) is 4.79 Å². The number of esters is 1. The van der Waals surface area contributed by atoms with Crippen molar-refractivity contribution >= 4 is 23.3 Å². The van der Waals surface area contributed by atoms with E-state index in [4.69, 9.17) is 22.1 Å². The number of carbonyl (C=O) groups excluding carboxylic acids is 1. The van der Waals surface area contributed by atoms with Gasteiger partial charge in [-0.25, -0.2) is 9.78 Å². The molecule has 0 atom stereocenters. The second kappa shape index (κ2) is 7.27. The van der Waals surface area contributed by atoms with Gasteiger partial charge in [0.15, 0.2) is 5.69 Å². The van der Waals surface area contributed by atoms with E-state index in [-0.39, 0.29) is 10.7 Å². The Labute approximate surface area is 135 Å². The molecular weight excluding hydrogens is 300 g/mol. The first-order chi connectivity index (χ1) is 10.5. The van der Waals surface area contributed by atoms with Crippen LogP contribution >= 0.6 is 11.6 Å². The van der Waals surface area contributed by atoms with Crippen molar-refractivity contribution < 1.29 is 9.53 Å². The third kappa shape index (κ3) is 3.77. The third-order valence-electron chi connectivity index (χ3n) is 3.26. The topological polar surface area (TPSA) is 65.2 Å². The fraction of sp³-hybridized carbons (Fsp3) is 0.294. The molecule has 5 heteroatoms. The predicted molar refractivity (Wildman–Crippen MR) is 89.0 cm³/mol. The second-order valence-electron chi connectivity index (χ2n) is 5.11. The Balaban J connectivity index is 2.34. The van der Waals surface area contributed by atoms with Crippen molar-refractivity contribution in [2.45, 2.75) is 26.7 Å². The van der Waals surface area contributed by atoms with Crippen LogP contribution in [-0.4, -0.2) is 17.6 Å². The molecule has 0 aliphatic rings. The van der Waals surface area contributed by atoms with Gasteiger partial charge in [-0.3, -0.25) is 0 Å². The van der Waals surface area contributed by atoms with Crippen molar-refractivity contribution in [3.05, 3.63) is 46.6 Å². The highest BCUT2D eigenvalue weighted by Crippen LogP contribution is 2.28. The van der Waals surface area contributed by atoms with Crippen LogP contribution in [0.15, 0.2) is 30.3 Å². The zero-order chi connectivity index (χ0) is 16.1. The van der Waals surface area contributed by atoms with E-state index in [0.29, 0.717) is 18.0 Å². The molecule has 4 nitrogen and oxygen atoms in total. The van der Waals surface area contributed by atoms with Gasteiger partial charge in [0.05, 0.1) is 23.0 Å². The minimum absolute atomic E-state index is 0.0633. The van der Waals surface area contributed by atoms with Crippen molar-refractivity contribution in [3.8, 4) is 11.3 Å². The summed E-state index contributed by atoms with van der Waals surface area (Å²) in [6.07, 6.45) is 1.75. The summed E-state index contributed by atoms with van der Waals surface area (Å²) in [6, 6.07) is 9.46. The summed E-state index contributed by atoms with van der Waals surface area (Å²) in [7, 11) is 0. The number of nitrogens with zero attached hydrogens (tertiary/aromatic N) is 1. The lowest BCUT2D eigenvalue weighted by Crippen LogP contribution is -2.11. The number of pyridine rings is 1. The molecule has 0 saturated carbocycles. The van der Waals surface area contributed by atoms with Gasteiger partial charge in [-0.1, -0.05) is 54.8 Å². The van der Waals surface area contributed by atoms with Gasteiger partial charge in [0.1, 0.15) is 0 Å². The van der Waals surface area contributed by atoms with Gasteiger partial charge in [-0.05, 0) is 19.4 Å². The number of aryl methyl sites for hydroxylation is 1. The first kappa shape index (κ1) is 16.3. The Morgan fingerprint density at radius 1 is 1.32 bits per heavy atom. The molecule has 0 fully saturated rings. The Morgan fingerprint density at radius 2 is 2.00 bits per heavy atom. The van der Waals surface area contributed by atoms with Crippen LogP contribution in [0.3, 0.4) is 0 Å². The van der Waals surface area contributed by atoms with Crippen LogP contribution in [0.1, 0.15) is 35.8 Å². The van der Waals surface area contributed by atoms with Crippen LogP contribution in [0.5, 0.6) is 0 Å². The largest absolute Gasteiger partial charge is 0.461 e. The van der Waals surface area contributed by atoms with E-state index in [0.717, 1.165) is 24.0 Å². The lowest BCUT2D eigenvalue weighted by molar-refractivity contribution is 0.0493. The zero-order valence-electron chi connectivity index (χ0n) is 12.7. The predicted octanol–water partition coefficient (Wildman–Crippen LogP) is 4.25. The Kier molecular flexibility index (Phi) is 5.39. The molecule has 2 aromatic rings. The highest BCUT2D eigenvalue weighted by atomic mass is 35.5. The molecule has 0 aliphatic carbocycles. The smallest absolute Gasteiger partial charge is 0.358 e. The molecule has 0 bridgehead atoms. The average Bonchev–Trinajstić information content (AvgIpc) is 2.50. The van der Waals surface area contributed by atoms with Gasteiger partial charge in [0.25, 0.3) is 0 Å². The number of nitrogens with two attached hydrogens (primary N) is 1. The van der Waals surface area contributed by atoms with Gasteiger partial charge in [-0.2, -0.15) is 0 Å². The Morgan fingerprint density at radius 3 is 2.64 bits per heavy atom. The molecule has 0 spiro atoms. The van der Waals surface area contributed by atoms with E-state index < -0.39 is 5.97 Å². The van der Waals surface area contributed by atoms with E-state index in [1.54, 1.807) is 6.07 Å². The molecule has 0 amide bonds. The molecule has 22 heavy (non-hydrogen) atoms. The van der Waals surface area contributed by atoms with Crippen molar-refractivity contribution in [3.63, 3.8) is 0 Å².